The molecule has 4 aromatic carbocycles. The molecular formula is C49H60N2O5. The van der Waals surface area contributed by atoms with Crippen molar-refractivity contribution in [1.82, 2.24) is 0 Å². The van der Waals surface area contributed by atoms with Gasteiger partial charge in [-0.3, -0.25) is 9.59 Å². The first kappa shape index (κ1) is 41.9. The maximum Gasteiger partial charge on any atom is 0.256 e. The minimum absolute atomic E-state index is 0.0272. The third-order valence-electron chi connectivity index (χ3n) is 10.6. The number of carbonyl (C=O) groups is 2. The molecule has 2 aliphatic heterocycles. The Morgan fingerprint density at radius 2 is 1.02 bits per heavy atom. The van der Waals surface area contributed by atoms with E-state index in [1.54, 1.807) is 21.3 Å². The van der Waals surface area contributed by atoms with Crippen LogP contribution in [0.1, 0.15) is 149 Å². The number of hydrogen-bond donors (Lipinski definition) is 2. The van der Waals surface area contributed by atoms with Gasteiger partial charge < -0.3 is 24.8 Å². The second-order valence-electron chi connectivity index (χ2n) is 16.0. The van der Waals surface area contributed by atoms with Crippen LogP contribution in [0, 0.1) is 0 Å². The zero-order chi connectivity index (χ0) is 40.8. The van der Waals surface area contributed by atoms with E-state index in [1.807, 2.05) is 36.4 Å². The van der Waals surface area contributed by atoms with Crippen molar-refractivity contribution in [3.63, 3.8) is 0 Å². The van der Waals surface area contributed by atoms with E-state index in [0.29, 0.717) is 29.2 Å². The number of fused-ring (bicyclic) bond motifs is 2. The highest BCUT2D eigenvalue weighted by Gasteiger charge is 2.27. The zero-order valence-corrected chi connectivity index (χ0v) is 35.4. The minimum Gasteiger partial charge on any atom is -0.497 e. The molecule has 2 aliphatic rings. The Morgan fingerprint density at radius 3 is 1.45 bits per heavy atom. The molecule has 0 saturated carbocycles. The second-order valence-corrected chi connectivity index (χ2v) is 16.0. The second kappa shape index (κ2) is 18.1. The third-order valence-corrected chi connectivity index (χ3v) is 10.6. The third kappa shape index (κ3) is 9.04. The molecule has 0 radical (unpaired) electrons. The Bertz CT molecular complexity index is 2100. The van der Waals surface area contributed by atoms with Crippen LogP contribution in [0.2, 0.25) is 0 Å². The fraction of sp³-hybridized carbons (Fsp3) is 0.388. The topological polar surface area (TPSA) is 85.9 Å². The van der Waals surface area contributed by atoms with Crippen LogP contribution in [-0.2, 0) is 16.0 Å². The summed E-state index contributed by atoms with van der Waals surface area (Å²) in [5.74, 6) is 3.85. The highest BCUT2D eigenvalue weighted by atomic mass is 16.5. The van der Waals surface area contributed by atoms with Crippen LogP contribution in [0.15, 0.2) is 60.7 Å². The summed E-state index contributed by atoms with van der Waals surface area (Å²) in [5.41, 5.74) is 13.0. The summed E-state index contributed by atoms with van der Waals surface area (Å²) in [4.78, 5) is 25.3. The van der Waals surface area contributed by atoms with Crippen molar-refractivity contribution in [2.45, 2.75) is 105 Å². The number of carbonyl (C=O) groups excluding carboxylic acids is 2. The van der Waals surface area contributed by atoms with Crippen LogP contribution in [0.25, 0.3) is 23.3 Å². The summed E-state index contributed by atoms with van der Waals surface area (Å²) in [6.45, 7) is 19.5. The molecule has 0 atom stereocenters. The Hall–Kier alpha value is -5.30. The van der Waals surface area contributed by atoms with Gasteiger partial charge in [-0.15, -0.1) is 0 Å². The number of nitrogens with one attached hydrogen (secondary N) is 2. The minimum atomic E-state index is -0.0914. The molecule has 4 aromatic rings. The van der Waals surface area contributed by atoms with Crippen LogP contribution in [0.3, 0.4) is 0 Å². The first-order valence-corrected chi connectivity index (χ1v) is 20.0. The van der Waals surface area contributed by atoms with Crippen molar-refractivity contribution in [3.8, 4) is 17.2 Å². The van der Waals surface area contributed by atoms with Gasteiger partial charge in [-0.05, 0) is 136 Å². The molecule has 2 N–H and O–H groups in total. The van der Waals surface area contributed by atoms with E-state index in [0.717, 1.165) is 80.4 Å². The normalized spacial score (nSPS) is 14.6. The Balaban J connectivity index is 0.000000215. The monoisotopic (exact) mass is 756 g/mol. The Labute approximate surface area is 334 Å². The lowest BCUT2D eigenvalue weighted by atomic mass is 9.90. The van der Waals surface area contributed by atoms with Crippen molar-refractivity contribution >= 4 is 46.5 Å². The van der Waals surface area contributed by atoms with E-state index >= 15 is 0 Å². The largest absolute Gasteiger partial charge is 0.497 e. The maximum atomic E-state index is 12.7. The van der Waals surface area contributed by atoms with Gasteiger partial charge in [-0.2, -0.15) is 0 Å². The van der Waals surface area contributed by atoms with Crippen LogP contribution in [-0.4, -0.2) is 33.1 Å². The zero-order valence-electron chi connectivity index (χ0n) is 35.4. The molecule has 0 saturated heterocycles. The number of anilines is 2. The first-order valence-electron chi connectivity index (χ1n) is 20.0. The highest BCUT2D eigenvalue weighted by molar-refractivity contribution is 6.35. The molecular weight excluding hydrogens is 697 g/mol. The number of unbranched alkanes of at least 4 members (excludes halogenated alkanes) is 1. The smallest absolute Gasteiger partial charge is 0.256 e. The SMILES string of the molecule is CCCCc1ccc2c(c1)C(=Cc1cc(C(C)C)c(OC)c(C(C)C)c1)C(=O)N2.COc1ccc2c(c1)NC(=O)C2=Cc1cc(C(C)C)c(OC)c(C(C)C)c1. The molecule has 0 aromatic heterocycles. The molecule has 7 nitrogen and oxygen atoms in total. The number of rotatable bonds is 12. The fourth-order valence-electron chi connectivity index (χ4n) is 7.44. The van der Waals surface area contributed by atoms with Crippen LogP contribution in [0.5, 0.6) is 17.2 Å². The molecule has 0 fully saturated rings. The standard InChI is InChI=1S/C26H33NO2.C23H27NO3/c1-7-8-9-18-10-11-24-22(12-18)23(26(28)27-24)15-19-13-20(16(2)3)25(29-6)21(14-19)17(4)5;1-13(2)18-9-15(10-19(14(3)4)22(18)27-6)11-20-17-8-7-16(26-5)12-21(17)24-23(20)25/h10-17H,7-9H2,1-6H3,(H,27,28);7-14H,1-6H3,(H,24,25). The van der Waals surface area contributed by atoms with Crippen LogP contribution < -0.4 is 24.8 Å². The van der Waals surface area contributed by atoms with E-state index < -0.39 is 0 Å². The number of benzene rings is 4. The fourth-order valence-corrected chi connectivity index (χ4v) is 7.44. The molecule has 0 spiro atoms. The van der Waals surface area contributed by atoms with Crippen molar-refractivity contribution < 1.29 is 23.8 Å². The average Bonchev–Trinajstić information content (AvgIpc) is 3.65. The highest BCUT2D eigenvalue weighted by Crippen LogP contribution is 2.41. The predicted octanol–water partition coefficient (Wildman–Crippen LogP) is 12.2. The van der Waals surface area contributed by atoms with Gasteiger partial charge in [-0.1, -0.05) is 74.8 Å². The van der Waals surface area contributed by atoms with E-state index in [-0.39, 0.29) is 11.8 Å². The summed E-state index contributed by atoms with van der Waals surface area (Å²) in [6, 6.07) is 20.5. The van der Waals surface area contributed by atoms with Gasteiger partial charge in [0.25, 0.3) is 11.8 Å². The van der Waals surface area contributed by atoms with Crippen LogP contribution >= 0.6 is 0 Å². The lowest BCUT2D eigenvalue weighted by Crippen LogP contribution is -2.04. The molecule has 0 bridgehead atoms. The van der Waals surface area contributed by atoms with Gasteiger partial charge in [-0.25, -0.2) is 0 Å². The quantitative estimate of drug-likeness (QED) is 0.141. The lowest BCUT2D eigenvalue weighted by molar-refractivity contribution is -0.111. The van der Waals surface area contributed by atoms with Gasteiger partial charge in [0.15, 0.2) is 0 Å². The van der Waals surface area contributed by atoms with Gasteiger partial charge >= 0.3 is 0 Å². The molecule has 2 heterocycles. The van der Waals surface area contributed by atoms with E-state index in [1.165, 1.54) is 23.1 Å². The van der Waals surface area contributed by atoms with E-state index in [9.17, 15) is 9.59 Å². The summed E-state index contributed by atoms with van der Waals surface area (Å²) in [5, 5.41) is 5.94. The molecule has 7 heteroatoms. The molecule has 6 rings (SSSR count). The van der Waals surface area contributed by atoms with E-state index in [4.69, 9.17) is 14.2 Å². The van der Waals surface area contributed by atoms with Crippen molar-refractivity contribution in [1.29, 1.82) is 0 Å². The molecule has 0 unspecified atom stereocenters. The number of ether oxygens (including phenoxy) is 3. The van der Waals surface area contributed by atoms with Gasteiger partial charge in [0.05, 0.1) is 27.0 Å². The molecule has 56 heavy (non-hydrogen) atoms. The molecule has 296 valence electrons. The molecule has 2 amide bonds. The van der Waals surface area contributed by atoms with Crippen molar-refractivity contribution in [2.24, 2.45) is 0 Å². The summed E-state index contributed by atoms with van der Waals surface area (Å²) >= 11 is 0. The van der Waals surface area contributed by atoms with Gasteiger partial charge in [0, 0.05) is 34.0 Å². The van der Waals surface area contributed by atoms with E-state index in [2.05, 4.69) is 109 Å². The molecule has 0 aliphatic carbocycles. The predicted molar refractivity (Wildman–Crippen MR) is 233 cm³/mol. The number of aryl methyl sites for hydroxylation is 1. The maximum absolute atomic E-state index is 12.7. The summed E-state index contributed by atoms with van der Waals surface area (Å²) in [7, 11) is 5.08. The Kier molecular flexibility index (Phi) is 13.5. The number of hydrogen-bond acceptors (Lipinski definition) is 5. The van der Waals surface area contributed by atoms with Gasteiger partial charge in [0.1, 0.15) is 17.2 Å². The first-order chi connectivity index (χ1) is 26.7. The number of amides is 2. The van der Waals surface area contributed by atoms with Gasteiger partial charge in [0.2, 0.25) is 0 Å². The van der Waals surface area contributed by atoms with Crippen molar-refractivity contribution in [3.05, 3.63) is 111 Å². The lowest BCUT2D eigenvalue weighted by Gasteiger charge is -2.19. The number of methoxy groups -OCH3 is 3. The average molecular weight is 757 g/mol. The Morgan fingerprint density at radius 1 is 0.554 bits per heavy atom. The van der Waals surface area contributed by atoms with Crippen molar-refractivity contribution in [2.75, 3.05) is 32.0 Å². The summed E-state index contributed by atoms with van der Waals surface area (Å²) < 4.78 is 16.7. The van der Waals surface area contributed by atoms with Crippen LogP contribution in [0.4, 0.5) is 11.4 Å². The summed E-state index contributed by atoms with van der Waals surface area (Å²) in [6.07, 6.45) is 7.36.